The van der Waals surface area contributed by atoms with Crippen molar-refractivity contribution in [2.45, 2.75) is 31.9 Å². The Balaban J connectivity index is 1.95. The van der Waals surface area contributed by atoms with Gasteiger partial charge in [0.2, 0.25) is 0 Å². The first-order chi connectivity index (χ1) is 7.83. The van der Waals surface area contributed by atoms with E-state index in [9.17, 15) is 4.79 Å². The highest BCUT2D eigenvalue weighted by atomic mass is 16.5. The average Bonchev–Trinajstić information content (AvgIpc) is 2.79. The topological polar surface area (TPSA) is 57.1 Å². The summed E-state index contributed by atoms with van der Waals surface area (Å²) in [5, 5.41) is 0. The summed E-state index contributed by atoms with van der Waals surface area (Å²) in [5.41, 5.74) is 0. The Labute approximate surface area is 94.8 Å². The number of esters is 1. The predicted octanol–water partition coefficient (Wildman–Crippen LogP) is 0.772. The van der Waals surface area contributed by atoms with Crippen molar-refractivity contribution in [1.29, 1.82) is 0 Å². The Morgan fingerprint density at radius 3 is 3.19 bits per heavy atom. The Morgan fingerprint density at radius 2 is 2.50 bits per heavy atom. The molecule has 3 unspecified atom stereocenters. The normalized spacial score (nSPS) is 33.4. The van der Waals surface area contributed by atoms with Gasteiger partial charge in [0.25, 0.3) is 0 Å². The summed E-state index contributed by atoms with van der Waals surface area (Å²) in [6.45, 7) is 3.60. The standard InChI is InChI=1S/C11H17NO4/c1-2-15-11(13)9-10(16-7-12-9)8-4-3-5-14-6-8/h7-10H,2-6H2,1H3. The highest BCUT2D eigenvalue weighted by Crippen LogP contribution is 2.26. The molecule has 0 aliphatic carbocycles. The molecule has 0 N–H and O–H groups in total. The quantitative estimate of drug-likeness (QED) is 0.668. The fourth-order valence-electron chi connectivity index (χ4n) is 2.15. The van der Waals surface area contributed by atoms with Crippen molar-refractivity contribution in [2.75, 3.05) is 19.8 Å². The van der Waals surface area contributed by atoms with Crippen LogP contribution in [0.1, 0.15) is 19.8 Å². The maximum absolute atomic E-state index is 11.6. The van der Waals surface area contributed by atoms with Crippen LogP contribution in [0, 0.1) is 5.92 Å². The smallest absolute Gasteiger partial charge is 0.334 e. The van der Waals surface area contributed by atoms with Crippen LogP contribution in [-0.2, 0) is 19.0 Å². The minimum Gasteiger partial charge on any atom is -0.477 e. The van der Waals surface area contributed by atoms with Crippen molar-refractivity contribution in [3.63, 3.8) is 0 Å². The van der Waals surface area contributed by atoms with E-state index < -0.39 is 6.04 Å². The lowest BCUT2D eigenvalue weighted by Gasteiger charge is -2.28. The van der Waals surface area contributed by atoms with Crippen molar-refractivity contribution in [1.82, 2.24) is 0 Å². The molecule has 0 aromatic carbocycles. The highest BCUT2D eigenvalue weighted by molar-refractivity contribution is 5.79. The van der Waals surface area contributed by atoms with E-state index in [1.807, 2.05) is 0 Å². The molecule has 0 amide bonds. The van der Waals surface area contributed by atoms with Gasteiger partial charge >= 0.3 is 5.97 Å². The zero-order valence-electron chi connectivity index (χ0n) is 9.43. The number of ether oxygens (including phenoxy) is 3. The molecule has 5 heteroatoms. The molecule has 2 aliphatic rings. The SMILES string of the molecule is CCOC(=O)C1N=COC1C1CCCOC1. The molecule has 16 heavy (non-hydrogen) atoms. The van der Waals surface area contributed by atoms with E-state index in [0.717, 1.165) is 19.4 Å². The number of carbonyl (C=O) groups excluding carboxylic acids is 1. The minimum absolute atomic E-state index is 0.209. The molecule has 1 fully saturated rings. The number of rotatable bonds is 3. The van der Waals surface area contributed by atoms with Gasteiger partial charge in [-0.15, -0.1) is 0 Å². The number of nitrogens with zero attached hydrogens (tertiary/aromatic N) is 1. The number of aliphatic imine (C=N–C) groups is 1. The van der Waals surface area contributed by atoms with E-state index in [0.29, 0.717) is 13.2 Å². The molecule has 3 atom stereocenters. The van der Waals surface area contributed by atoms with Crippen LogP contribution in [0.5, 0.6) is 0 Å². The molecular formula is C11H17NO4. The van der Waals surface area contributed by atoms with Crippen molar-refractivity contribution in [3.8, 4) is 0 Å². The van der Waals surface area contributed by atoms with Crippen LogP contribution < -0.4 is 0 Å². The molecule has 2 rings (SSSR count). The zero-order chi connectivity index (χ0) is 11.4. The van der Waals surface area contributed by atoms with Gasteiger partial charge in [0.1, 0.15) is 6.10 Å². The molecule has 5 nitrogen and oxygen atoms in total. The lowest BCUT2D eigenvalue weighted by atomic mass is 9.91. The predicted molar refractivity (Wildman–Crippen MR) is 57.3 cm³/mol. The van der Waals surface area contributed by atoms with Crippen LogP contribution in [0.4, 0.5) is 0 Å². The molecule has 0 bridgehead atoms. The monoisotopic (exact) mass is 227 g/mol. The molecule has 0 aromatic rings. The van der Waals surface area contributed by atoms with Gasteiger partial charge < -0.3 is 14.2 Å². The van der Waals surface area contributed by atoms with E-state index in [1.165, 1.54) is 6.40 Å². The fraction of sp³-hybridized carbons (Fsp3) is 0.818. The van der Waals surface area contributed by atoms with Gasteiger partial charge in [0.05, 0.1) is 13.2 Å². The number of hydrogen-bond acceptors (Lipinski definition) is 5. The van der Waals surface area contributed by atoms with E-state index in [-0.39, 0.29) is 18.0 Å². The minimum atomic E-state index is -0.508. The number of carbonyl (C=O) groups is 1. The second kappa shape index (κ2) is 5.30. The summed E-state index contributed by atoms with van der Waals surface area (Å²) in [5.74, 6) is -0.0579. The zero-order valence-corrected chi connectivity index (χ0v) is 9.43. The van der Waals surface area contributed by atoms with Gasteiger partial charge in [-0.3, -0.25) is 0 Å². The lowest BCUT2D eigenvalue weighted by Crippen LogP contribution is -2.40. The Bertz CT molecular complexity index is 273. The van der Waals surface area contributed by atoms with Crippen molar-refractivity contribution < 1.29 is 19.0 Å². The van der Waals surface area contributed by atoms with Gasteiger partial charge in [-0.05, 0) is 19.8 Å². The van der Waals surface area contributed by atoms with Crippen LogP contribution in [0.2, 0.25) is 0 Å². The fourth-order valence-corrected chi connectivity index (χ4v) is 2.15. The molecule has 90 valence electrons. The van der Waals surface area contributed by atoms with Crippen molar-refractivity contribution in [3.05, 3.63) is 0 Å². The van der Waals surface area contributed by atoms with Crippen molar-refractivity contribution in [2.24, 2.45) is 10.9 Å². The highest BCUT2D eigenvalue weighted by Gasteiger charge is 2.40. The van der Waals surface area contributed by atoms with Crippen LogP contribution in [0.3, 0.4) is 0 Å². The first-order valence-corrected chi connectivity index (χ1v) is 5.74. The Hall–Kier alpha value is -1.10. The van der Waals surface area contributed by atoms with E-state index in [2.05, 4.69) is 4.99 Å². The number of hydrogen-bond donors (Lipinski definition) is 0. The maximum Gasteiger partial charge on any atom is 0.334 e. The summed E-state index contributed by atoms with van der Waals surface area (Å²) in [6, 6.07) is -0.508. The Kier molecular flexibility index (Phi) is 3.77. The third-order valence-electron chi connectivity index (χ3n) is 2.94. The average molecular weight is 227 g/mol. The molecule has 0 aromatic heterocycles. The third-order valence-corrected chi connectivity index (χ3v) is 2.94. The second-order valence-electron chi connectivity index (χ2n) is 4.03. The molecule has 0 saturated carbocycles. The summed E-state index contributed by atoms with van der Waals surface area (Å²) < 4.78 is 15.8. The van der Waals surface area contributed by atoms with Crippen LogP contribution in [0.15, 0.2) is 4.99 Å². The van der Waals surface area contributed by atoms with E-state index in [1.54, 1.807) is 6.92 Å². The summed E-state index contributed by atoms with van der Waals surface area (Å²) in [7, 11) is 0. The van der Waals surface area contributed by atoms with Crippen LogP contribution in [0.25, 0.3) is 0 Å². The van der Waals surface area contributed by atoms with Gasteiger partial charge in [0, 0.05) is 12.5 Å². The van der Waals surface area contributed by atoms with Crippen LogP contribution >= 0.6 is 0 Å². The molecule has 2 heterocycles. The molecule has 2 aliphatic heterocycles. The van der Waals surface area contributed by atoms with E-state index >= 15 is 0 Å². The second-order valence-corrected chi connectivity index (χ2v) is 4.03. The molecule has 0 spiro atoms. The Morgan fingerprint density at radius 1 is 1.62 bits per heavy atom. The van der Waals surface area contributed by atoms with Crippen molar-refractivity contribution >= 4 is 12.4 Å². The van der Waals surface area contributed by atoms with E-state index in [4.69, 9.17) is 14.2 Å². The van der Waals surface area contributed by atoms with Gasteiger partial charge in [-0.2, -0.15) is 0 Å². The largest absolute Gasteiger partial charge is 0.477 e. The molecular weight excluding hydrogens is 210 g/mol. The lowest BCUT2D eigenvalue weighted by molar-refractivity contribution is -0.147. The van der Waals surface area contributed by atoms with Gasteiger partial charge in [-0.25, -0.2) is 9.79 Å². The first-order valence-electron chi connectivity index (χ1n) is 5.74. The van der Waals surface area contributed by atoms with Gasteiger partial charge in [-0.1, -0.05) is 0 Å². The summed E-state index contributed by atoms with van der Waals surface area (Å²) in [6.07, 6.45) is 3.18. The third kappa shape index (κ3) is 2.35. The molecule has 0 radical (unpaired) electrons. The summed E-state index contributed by atoms with van der Waals surface area (Å²) in [4.78, 5) is 15.7. The molecule has 1 saturated heterocycles. The summed E-state index contributed by atoms with van der Waals surface area (Å²) >= 11 is 0. The first kappa shape index (κ1) is 11.4. The van der Waals surface area contributed by atoms with Crippen LogP contribution in [-0.4, -0.2) is 44.3 Å². The van der Waals surface area contributed by atoms with Gasteiger partial charge in [0.15, 0.2) is 12.4 Å². The maximum atomic E-state index is 11.6.